The second-order valence-corrected chi connectivity index (χ2v) is 9.10. The molecule has 30 heavy (non-hydrogen) atoms. The number of carboxylic acid groups (broad SMARTS) is 1. The third-order valence-electron chi connectivity index (χ3n) is 4.27. The number of aromatic nitrogens is 2. The molecule has 0 saturated heterocycles. The molecule has 0 atom stereocenters. The highest BCUT2D eigenvalue weighted by atomic mass is 32.2. The topological polar surface area (TPSA) is 110 Å². The van der Waals surface area contributed by atoms with Crippen molar-refractivity contribution in [3.63, 3.8) is 0 Å². The van der Waals surface area contributed by atoms with Crippen LogP contribution in [0.3, 0.4) is 0 Å². The molecule has 0 fully saturated rings. The number of thiazole rings is 1. The van der Waals surface area contributed by atoms with Crippen LogP contribution in [-0.2, 0) is 14.8 Å². The summed E-state index contributed by atoms with van der Waals surface area (Å²) in [6.07, 6.45) is 1.64. The van der Waals surface area contributed by atoms with Crippen LogP contribution in [0.5, 0.6) is 5.88 Å². The van der Waals surface area contributed by atoms with Crippen LogP contribution in [-0.4, -0.2) is 53.5 Å². The van der Waals surface area contributed by atoms with Crippen molar-refractivity contribution in [2.75, 3.05) is 19.7 Å². The van der Waals surface area contributed by atoms with E-state index in [1.807, 2.05) is 6.07 Å². The van der Waals surface area contributed by atoms with E-state index in [9.17, 15) is 13.2 Å². The normalized spacial score (nSPS) is 11.6. The summed E-state index contributed by atoms with van der Waals surface area (Å²) in [7, 11) is -3.57. The molecule has 8 nitrogen and oxygen atoms in total. The van der Waals surface area contributed by atoms with Crippen LogP contribution in [0.2, 0.25) is 0 Å². The van der Waals surface area contributed by atoms with Crippen LogP contribution in [0.4, 0.5) is 0 Å². The Morgan fingerprint density at radius 1 is 1.13 bits per heavy atom. The molecular formula is C20H21N3O5S2. The summed E-state index contributed by atoms with van der Waals surface area (Å²) in [4.78, 5) is 20.4. The summed E-state index contributed by atoms with van der Waals surface area (Å²) in [6.45, 7) is 3.81. The molecule has 3 rings (SSSR count). The zero-order valence-electron chi connectivity index (χ0n) is 16.5. The molecule has 0 amide bonds. The maximum Gasteiger partial charge on any atom is 0.341 e. The number of carbonyl (C=O) groups is 1. The van der Waals surface area contributed by atoms with E-state index >= 15 is 0 Å². The van der Waals surface area contributed by atoms with E-state index in [0.717, 1.165) is 0 Å². The molecule has 2 heterocycles. The van der Waals surface area contributed by atoms with Crippen molar-refractivity contribution in [3.8, 4) is 27.0 Å². The molecule has 158 valence electrons. The zero-order valence-corrected chi connectivity index (χ0v) is 18.1. The molecular weight excluding hydrogens is 426 g/mol. The van der Waals surface area contributed by atoms with Crippen molar-refractivity contribution in [1.29, 1.82) is 0 Å². The van der Waals surface area contributed by atoms with Gasteiger partial charge < -0.3 is 9.84 Å². The van der Waals surface area contributed by atoms with Gasteiger partial charge in [0.1, 0.15) is 5.01 Å². The van der Waals surface area contributed by atoms with Crippen LogP contribution < -0.4 is 4.74 Å². The third-order valence-corrected chi connectivity index (χ3v) is 7.44. The average Bonchev–Trinajstić information content (AvgIpc) is 3.18. The van der Waals surface area contributed by atoms with Gasteiger partial charge in [-0.2, -0.15) is 9.29 Å². The maximum atomic E-state index is 12.7. The van der Waals surface area contributed by atoms with Gasteiger partial charge in [-0.25, -0.2) is 13.2 Å². The number of carboxylic acids is 1. The van der Waals surface area contributed by atoms with Gasteiger partial charge in [-0.05, 0) is 29.8 Å². The molecule has 3 aromatic rings. The van der Waals surface area contributed by atoms with Gasteiger partial charge in [-0.1, -0.05) is 32.0 Å². The molecule has 1 N–H and O–H groups in total. The summed E-state index contributed by atoms with van der Waals surface area (Å²) in [5, 5.41) is 9.53. The van der Waals surface area contributed by atoms with E-state index in [0.29, 0.717) is 34.2 Å². The second kappa shape index (κ2) is 9.33. The molecule has 2 aromatic heterocycles. The van der Waals surface area contributed by atoms with E-state index in [1.54, 1.807) is 44.3 Å². The van der Waals surface area contributed by atoms with Crippen molar-refractivity contribution in [1.82, 2.24) is 14.3 Å². The second-order valence-electron chi connectivity index (χ2n) is 6.16. The van der Waals surface area contributed by atoms with E-state index in [1.165, 1.54) is 27.8 Å². The van der Waals surface area contributed by atoms with Gasteiger partial charge in [-0.15, -0.1) is 11.3 Å². The van der Waals surface area contributed by atoms with Gasteiger partial charge in [0.2, 0.25) is 15.9 Å². The number of benzene rings is 1. The quantitative estimate of drug-likeness (QED) is 0.535. The third kappa shape index (κ3) is 4.66. The Kier molecular flexibility index (Phi) is 6.80. The van der Waals surface area contributed by atoms with Crippen molar-refractivity contribution in [3.05, 3.63) is 48.7 Å². The van der Waals surface area contributed by atoms with Crippen LogP contribution in [0.15, 0.2) is 53.6 Å². The first-order valence-electron chi connectivity index (χ1n) is 9.24. The molecule has 0 unspecified atom stereocenters. The lowest BCUT2D eigenvalue weighted by Gasteiger charge is -2.18. The molecule has 0 aliphatic carbocycles. The summed E-state index contributed by atoms with van der Waals surface area (Å²) in [6, 6.07) is 11.8. The lowest BCUT2D eigenvalue weighted by molar-refractivity contribution is -0.139. The maximum absolute atomic E-state index is 12.7. The Labute approximate surface area is 178 Å². The average molecular weight is 448 g/mol. The molecule has 1 aromatic carbocycles. The Morgan fingerprint density at radius 2 is 1.83 bits per heavy atom. The summed E-state index contributed by atoms with van der Waals surface area (Å²) >= 11 is 1.29. The molecule has 0 aliphatic rings. The summed E-state index contributed by atoms with van der Waals surface area (Å²) in [5.74, 6) is -0.948. The van der Waals surface area contributed by atoms with Crippen molar-refractivity contribution in [2.24, 2.45) is 0 Å². The fourth-order valence-electron chi connectivity index (χ4n) is 2.81. The minimum absolute atomic E-state index is 0.169. The first-order chi connectivity index (χ1) is 14.4. The van der Waals surface area contributed by atoms with Gasteiger partial charge in [0.05, 0.1) is 15.5 Å². The number of sulfonamides is 1. The highest BCUT2D eigenvalue weighted by Crippen LogP contribution is 2.39. The SMILES string of the molecule is CCN(CC)S(=O)(=O)c1ccc(-c2sc(-c3ccccn3)nc2OCC(=O)O)cc1. The number of nitrogens with zero attached hydrogens (tertiary/aromatic N) is 3. The Morgan fingerprint density at radius 3 is 2.40 bits per heavy atom. The number of aliphatic carboxylic acids is 1. The first kappa shape index (κ1) is 21.9. The van der Waals surface area contributed by atoms with Crippen molar-refractivity contribution < 1.29 is 23.1 Å². The molecule has 0 bridgehead atoms. The Hall–Kier alpha value is -2.82. The number of hydrogen-bond donors (Lipinski definition) is 1. The van der Waals surface area contributed by atoms with E-state index < -0.39 is 22.6 Å². The predicted molar refractivity (Wildman–Crippen MR) is 114 cm³/mol. The highest BCUT2D eigenvalue weighted by Gasteiger charge is 2.22. The standard InChI is InChI=1S/C20H21N3O5S2/c1-3-23(4-2)30(26,27)15-10-8-14(9-11-15)18-19(28-13-17(24)25)22-20(29-18)16-7-5-6-12-21-16/h5-12H,3-4,13H2,1-2H3,(H,24,25). The van der Waals surface area contributed by atoms with Crippen molar-refractivity contribution >= 4 is 27.3 Å². The van der Waals surface area contributed by atoms with Gasteiger partial charge in [0, 0.05) is 19.3 Å². The molecule has 0 saturated carbocycles. The van der Waals surface area contributed by atoms with Gasteiger partial charge in [0.15, 0.2) is 6.61 Å². The van der Waals surface area contributed by atoms with Crippen LogP contribution in [0.25, 0.3) is 21.1 Å². The molecule has 10 heteroatoms. The fourth-order valence-corrected chi connectivity index (χ4v) is 5.26. The number of rotatable bonds is 9. The van der Waals surface area contributed by atoms with E-state index in [-0.39, 0.29) is 10.8 Å². The van der Waals surface area contributed by atoms with Gasteiger partial charge >= 0.3 is 5.97 Å². The first-order valence-corrected chi connectivity index (χ1v) is 11.5. The minimum atomic E-state index is -3.57. The molecule has 0 aliphatic heterocycles. The predicted octanol–water partition coefficient (Wildman–Crippen LogP) is 3.37. The highest BCUT2D eigenvalue weighted by molar-refractivity contribution is 7.89. The molecule has 0 radical (unpaired) electrons. The van der Waals surface area contributed by atoms with Crippen molar-refractivity contribution in [2.45, 2.75) is 18.7 Å². The summed E-state index contributed by atoms with van der Waals surface area (Å²) < 4.78 is 32.1. The largest absolute Gasteiger partial charge is 0.479 e. The van der Waals surface area contributed by atoms with Crippen LogP contribution in [0.1, 0.15) is 13.8 Å². The molecule has 0 spiro atoms. The Bertz CT molecular complexity index is 1110. The lowest BCUT2D eigenvalue weighted by Crippen LogP contribution is -2.30. The monoisotopic (exact) mass is 447 g/mol. The zero-order chi connectivity index (χ0) is 21.7. The van der Waals surface area contributed by atoms with E-state index in [2.05, 4.69) is 9.97 Å². The smallest absolute Gasteiger partial charge is 0.341 e. The number of ether oxygens (including phenoxy) is 1. The van der Waals surface area contributed by atoms with Gasteiger partial charge in [0.25, 0.3) is 0 Å². The van der Waals surface area contributed by atoms with Gasteiger partial charge in [-0.3, -0.25) is 4.98 Å². The van der Waals surface area contributed by atoms with Crippen LogP contribution >= 0.6 is 11.3 Å². The number of hydrogen-bond acceptors (Lipinski definition) is 7. The van der Waals surface area contributed by atoms with E-state index in [4.69, 9.17) is 9.84 Å². The van der Waals surface area contributed by atoms with Crippen LogP contribution in [0, 0.1) is 0 Å². The summed E-state index contributed by atoms with van der Waals surface area (Å²) in [5.41, 5.74) is 1.31. The minimum Gasteiger partial charge on any atom is -0.479 e. The number of pyridine rings is 1. The fraction of sp³-hybridized carbons (Fsp3) is 0.250. The lowest BCUT2D eigenvalue weighted by atomic mass is 10.2. The Balaban J connectivity index is 1.99.